The van der Waals surface area contributed by atoms with Crippen LogP contribution in [0.3, 0.4) is 0 Å². The van der Waals surface area contributed by atoms with Crippen LogP contribution in [0.25, 0.3) is 6.08 Å². The van der Waals surface area contributed by atoms with E-state index in [1.54, 1.807) is 19.0 Å². The van der Waals surface area contributed by atoms with Gasteiger partial charge < -0.3 is 10.0 Å². The van der Waals surface area contributed by atoms with Gasteiger partial charge in [0.1, 0.15) is 5.82 Å². The molecule has 0 aromatic heterocycles. The molecule has 1 atom stereocenters. The summed E-state index contributed by atoms with van der Waals surface area (Å²) in [5, 5.41) is 10.3. The smallest absolute Gasteiger partial charge is 0.378 e. The number of alkyl halides is 3. The number of hydrogen-bond donors (Lipinski definition) is 1. The molecule has 2 aromatic rings. The molecule has 0 aliphatic carbocycles. The molecule has 0 bridgehead atoms. The third-order valence-electron chi connectivity index (χ3n) is 3.64. The quantitative estimate of drug-likeness (QED) is 0.837. The third-order valence-corrected chi connectivity index (χ3v) is 3.64. The summed E-state index contributed by atoms with van der Waals surface area (Å²) in [6.07, 6.45) is -3.11. The molecule has 0 aliphatic heterocycles. The maximum Gasteiger partial charge on any atom is 0.425 e. The molecule has 0 saturated carbocycles. The summed E-state index contributed by atoms with van der Waals surface area (Å²) in [4.78, 5) is 1.74. The van der Waals surface area contributed by atoms with Gasteiger partial charge in [-0.3, -0.25) is 0 Å². The summed E-state index contributed by atoms with van der Waals surface area (Å²) >= 11 is 0. The molecular weight excluding hydrogens is 322 g/mol. The van der Waals surface area contributed by atoms with Crippen molar-refractivity contribution >= 4 is 11.8 Å². The van der Waals surface area contributed by atoms with Crippen molar-refractivity contribution in [3.8, 4) is 0 Å². The minimum absolute atomic E-state index is 0.293. The number of halogens is 4. The van der Waals surface area contributed by atoms with Crippen LogP contribution in [-0.2, 0) is 5.60 Å². The number of aliphatic hydroxyl groups is 1. The van der Waals surface area contributed by atoms with Crippen LogP contribution in [0.4, 0.5) is 23.2 Å². The van der Waals surface area contributed by atoms with E-state index in [9.17, 15) is 22.7 Å². The van der Waals surface area contributed by atoms with Crippen molar-refractivity contribution in [2.75, 3.05) is 19.0 Å². The van der Waals surface area contributed by atoms with Gasteiger partial charge in [0.25, 0.3) is 0 Å². The summed E-state index contributed by atoms with van der Waals surface area (Å²) in [5.74, 6) is -0.488. The van der Waals surface area contributed by atoms with Crippen molar-refractivity contribution in [3.05, 3.63) is 71.6 Å². The van der Waals surface area contributed by atoms with Crippen molar-refractivity contribution in [1.82, 2.24) is 0 Å². The van der Waals surface area contributed by atoms with E-state index in [-0.39, 0.29) is 5.56 Å². The Hall–Kier alpha value is -2.34. The van der Waals surface area contributed by atoms with Gasteiger partial charge in [0, 0.05) is 19.8 Å². The monoisotopic (exact) mass is 339 g/mol. The van der Waals surface area contributed by atoms with Crippen molar-refractivity contribution in [2.24, 2.45) is 0 Å². The van der Waals surface area contributed by atoms with E-state index < -0.39 is 17.6 Å². The van der Waals surface area contributed by atoms with Crippen LogP contribution in [0.5, 0.6) is 0 Å². The molecule has 2 rings (SSSR count). The van der Waals surface area contributed by atoms with Crippen LogP contribution in [0.15, 0.2) is 54.6 Å². The first-order chi connectivity index (χ1) is 11.1. The summed E-state index contributed by atoms with van der Waals surface area (Å²) in [6, 6.07) is 10.4. The van der Waals surface area contributed by atoms with Gasteiger partial charge in [0.15, 0.2) is 0 Å². The predicted octanol–water partition coefficient (Wildman–Crippen LogP) is 4.36. The minimum Gasteiger partial charge on any atom is -0.378 e. The van der Waals surface area contributed by atoms with Crippen LogP contribution >= 0.6 is 0 Å². The fourth-order valence-corrected chi connectivity index (χ4v) is 2.16. The first-order valence-corrected chi connectivity index (χ1v) is 7.15. The molecule has 0 fully saturated rings. The van der Waals surface area contributed by atoms with Gasteiger partial charge >= 0.3 is 6.18 Å². The number of rotatable bonds is 4. The highest BCUT2D eigenvalue weighted by atomic mass is 19.4. The van der Waals surface area contributed by atoms with Crippen molar-refractivity contribution < 1.29 is 22.7 Å². The molecule has 0 amide bonds. The fourth-order valence-electron chi connectivity index (χ4n) is 2.16. The van der Waals surface area contributed by atoms with Gasteiger partial charge in [-0.05, 0) is 41.5 Å². The summed E-state index contributed by atoms with van der Waals surface area (Å²) in [5.41, 5.74) is -2.36. The second kappa shape index (κ2) is 6.65. The summed E-state index contributed by atoms with van der Waals surface area (Å²) in [7, 11) is 3.53. The SMILES string of the molecule is CN(C)c1ccc(C(O)(C=Cc2ccc(F)cc2)C(F)(F)F)cc1. The number of nitrogens with zero attached hydrogens (tertiary/aromatic N) is 1. The maximum absolute atomic E-state index is 13.4. The highest BCUT2D eigenvalue weighted by Crippen LogP contribution is 2.41. The number of anilines is 1. The van der Waals surface area contributed by atoms with Crippen molar-refractivity contribution in [3.63, 3.8) is 0 Å². The Balaban J connectivity index is 2.41. The average molecular weight is 339 g/mol. The highest BCUT2D eigenvalue weighted by Gasteiger charge is 2.53. The third kappa shape index (κ3) is 3.76. The normalized spacial score (nSPS) is 14.6. The Kier molecular flexibility index (Phi) is 4.99. The minimum atomic E-state index is -4.90. The van der Waals surface area contributed by atoms with Crippen LogP contribution in [0, 0.1) is 5.82 Å². The Morgan fingerprint density at radius 3 is 1.92 bits per heavy atom. The Morgan fingerprint density at radius 1 is 0.917 bits per heavy atom. The zero-order valence-corrected chi connectivity index (χ0v) is 13.2. The fraction of sp³-hybridized carbons (Fsp3) is 0.222. The van der Waals surface area contributed by atoms with Gasteiger partial charge in [0.2, 0.25) is 5.60 Å². The Labute approximate surface area is 137 Å². The maximum atomic E-state index is 13.4. The number of hydrogen-bond acceptors (Lipinski definition) is 2. The molecule has 2 nitrogen and oxygen atoms in total. The van der Waals surface area contributed by atoms with Crippen LogP contribution in [0.1, 0.15) is 11.1 Å². The Morgan fingerprint density at radius 2 is 1.46 bits per heavy atom. The second-order valence-electron chi connectivity index (χ2n) is 5.59. The molecule has 0 spiro atoms. The van der Waals surface area contributed by atoms with E-state index in [0.29, 0.717) is 17.3 Å². The van der Waals surface area contributed by atoms with Gasteiger partial charge in [0.05, 0.1) is 0 Å². The van der Waals surface area contributed by atoms with E-state index in [2.05, 4.69) is 0 Å². The molecule has 1 unspecified atom stereocenters. The van der Waals surface area contributed by atoms with E-state index in [4.69, 9.17) is 0 Å². The number of benzene rings is 2. The molecule has 0 radical (unpaired) electrons. The van der Waals surface area contributed by atoms with Gasteiger partial charge in [-0.15, -0.1) is 0 Å². The lowest BCUT2D eigenvalue weighted by Crippen LogP contribution is -2.40. The van der Waals surface area contributed by atoms with E-state index in [1.807, 2.05) is 0 Å². The zero-order valence-electron chi connectivity index (χ0n) is 13.2. The predicted molar refractivity (Wildman–Crippen MR) is 86.2 cm³/mol. The lowest BCUT2D eigenvalue weighted by Gasteiger charge is -2.28. The van der Waals surface area contributed by atoms with Crippen LogP contribution in [-0.4, -0.2) is 25.4 Å². The van der Waals surface area contributed by atoms with Gasteiger partial charge in [-0.25, -0.2) is 4.39 Å². The van der Waals surface area contributed by atoms with Crippen LogP contribution in [0.2, 0.25) is 0 Å². The molecule has 0 aliphatic rings. The standard InChI is InChI=1S/C18H17F4NO/c1-23(2)16-9-5-14(6-10-16)17(24,18(20,21)22)12-11-13-3-7-15(19)8-4-13/h3-12,24H,1-2H3. The van der Waals surface area contributed by atoms with Crippen molar-refractivity contribution in [2.45, 2.75) is 11.8 Å². The van der Waals surface area contributed by atoms with Gasteiger partial charge in [-0.1, -0.05) is 30.3 Å². The molecule has 6 heteroatoms. The van der Waals surface area contributed by atoms with Crippen molar-refractivity contribution in [1.29, 1.82) is 0 Å². The first-order valence-electron chi connectivity index (χ1n) is 7.15. The lowest BCUT2D eigenvalue weighted by atomic mass is 9.91. The Bertz CT molecular complexity index is 705. The average Bonchev–Trinajstić information content (AvgIpc) is 2.53. The molecule has 128 valence electrons. The largest absolute Gasteiger partial charge is 0.425 e. The van der Waals surface area contributed by atoms with E-state index >= 15 is 0 Å². The molecule has 0 saturated heterocycles. The topological polar surface area (TPSA) is 23.5 Å². The molecule has 2 aromatic carbocycles. The zero-order chi connectivity index (χ0) is 18.0. The molecule has 24 heavy (non-hydrogen) atoms. The van der Waals surface area contributed by atoms with E-state index in [1.165, 1.54) is 36.4 Å². The summed E-state index contributed by atoms with van der Waals surface area (Å²) < 4.78 is 53.2. The molecule has 1 N–H and O–H groups in total. The highest BCUT2D eigenvalue weighted by molar-refractivity contribution is 5.53. The molecule has 0 heterocycles. The lowest BCUT2D eigenvalue weighted by molar-refractivity contribution is -0.244. The van der Waals surface area contributed by atoms with Crippen LogP contribution < -0.4 is 4.90 Å². The second-order valence-corrected chi connectivity index (χ2v) is 5.59. The van der Waals surface area contributed by atoms with E-state index in [0.717, 1.165) is 18.2 Å². The van der Waals surface area contributed by atoms with Gasteiger partial charge in [-0.2, -0.15) is 13.2 Å². The molecular formula is C18H17F4NO. The summed E-state index contributed by atoms with van der Waals surface area (Å²) in [6.45, 7) is 0. The first kappa shape index (κ1) is 18.0.